The Morgan fingerprint density at radius 2 is 2.03 bits per heavy atom. The molecule has 2 aromatic rings. The number of hydrogen-bond acceptors (Lipinski definition) is 6. The molecular formula is C28H37FN4O3. The van der Waals surface area contributed by atoms with Crippen LogP contribution in [0, 0.1) is 17.7 Å². The van der Waals surface area contributed by atoms with Crippen LogP contribution in [0.3, 0.4) is 0 Å². The molecular weight excluding hydrogens is 459 g/mol. The standard InChI is InChI=1S/C28H37FN4O3/c1-18(2)26-31-28(36-32-26)33-14-12-19(13-15-33)17-35-25-11-10-22(16-24(25)29)20-6-8-21(9-7-20)27(34)30-23-4-3-5-23/h6,10-11,16,18-19,21,23H,3-5,7-9,12-15,17H2,1-2H3,(H,30,34). The maximum absolute atomic E-state index is 14.9. The van der Waals surface area contributed by atoms with Crippen LogP contribution < -0.4 is 15.0 Å². The second-order valence-electron chi connectivity index (χ2n) is 10.8. The highest BCUT2D eigenvalue weighted by molar-refractivity contribution is 5.81. The van der Waals surface area contributed by atoms with Gasteiger partial charge in [0.15, 0.2) is 17.4 Å². The van der Waals surface area contributed by atoms with Crippen LogP contribution in [0.5, 0.6) is 5.75 Å². The Morgan fingerprint density at radius 1 is 1.22 bits per heavy atom. The summed E-state index contributed by atoms with van der Waals surface area (Å²) in [6.07, 6.45) is 9.70. The fourth-order valence-corrected chi connectivity index (χ4v) is 5.11. The van der Waals surface area contributed by atoms with E-state index in [1.165, 1.54) is 6.42 Å². The second-order valence-corrected chi connectivity index (χ2v) is 10.8. The van der Waals surface area contributed by atoms with Gasteiger partial charge in [-0.1, -0.05) is 31.1 Å². The van der Waals surface area contributed by atoms with E-state index in [1.807, 2.05) is 19.9 Å². The number of ether oxygens (including phenoxy) is 1. The van der Waals surface area contributed by atoms with Crippen LogP contribution in [0.15, 0.2) is 28.8 Å². The van der Waals surface area contributed by atoms with Crippen molar-refractivity contribution in [2.45, 2.75) is 77.2 Å². The Hall–Kier alpha value is -2.90. The number of allylic oxidation sites excluding steroid dienone is 2. The first-order valence-electron chi connectivity index (χ1n) is 13.5. The zero-order chi connectivity index (χ0) is 25.1. The van der Waals surface area contributed by atoms with Crippen molar-refractivity contribution in [2.75, 3.05) is 24.6 Å². The minimum atomic E-state index is -0.331. The molecule has 2 heterocycles. The van der Waals surface area contributed by atoms with Crippen LogP contribution in [-0.4, -0.2) is 41.8 Å². The van der Waals surface area contributed by atoms with Crippen LogP contribution in [-0.2, 0) is 4.79 Å². The highest BCUT2D eigenvalue weighted by Gasteiger charge is 2.27. The van der Waals surface area contributed by atoms with E-state index >= 15 is 0 Å². The van der Waals surface area contributed by atoms with E-state index in [0.717, 1.165) is 75.0 Å². The van der Waals surface area contributed by atoms with Gasteiger partial charge in [-0.15, -0.1) is 0 Å². The van der Waals surface area contributed by atoms with Crippen molar-refractivity contribution in [3.63, 3.8) is 0 Å². The summed E-state index contributed by atoms with van der Waals surface area (Å²) in [5.41, 5.74) is 1.99. The monoisotopic (exact) mass is 496 g/mol. The summed E-state index contributed by atoms with van der Waals surface area (Å²) < 4.78 is 26.1. The van der Waals surface area contributed by atoms with Crippen molar-refractivity contribution in [1.82, 2.24) is 15.5 Å². The van der Waals surface area contributed by atoms with E-state index in [2.05, 4.69) is 26.4 Å². The molecule has 0 radical (unpaired) electrons. The van der Waals surface area contributed by atoms with Gasteiger partial charge >= 0.3 is 6.01 Å². The van der Waals surface area contributed by atoms with E-state index < -0.39 is 0 Å². The number of carbonyl (C=O) groups excluding carboxylic acids is 1. The minimum Gasteiger partial charge on any atom is -0.490 e. The SMILES string of the molecule is CC(C)c1noc(N2CCC(COc3ccc(C4=CCC(C(=O)NC5CCC5)CC4)cc3F)CC2)n1. The van der Waals surface area contributed by atoms with Gasteiger partial charge in [-0.3, -0.25) is 4.79 Å². The number of nitrogens with one attached hydrogen (secondary N) is 1. The Kier molecular flexibility index (Phi) is 7.58. The topological polar surface area (TPSA) is 80.5 Å². The van der Waals surface area contributed by atoms with Gasteiger partial charge in [-0.25, -0.2) is 4.39 Å². The zero-order valence-electron chi connectivity index (χ0n) is 21.3. The molecule has 1 saturated heterocycles. The third-order valence-electron chi connectivity index (χ3n) is 7.84. The normalized spacial score (nSPS) is 21.3. The van der Waals surface area contributed by atoms with Gasteiger partial charge in [0.05, 0.1) is 6.61 Å². The molecule has 194 valence electrons. The van der Waals surface area contributed by atoms with Crippen molar-refractivity contribution in [2.24, 2.45) is 11.8 Å². The van der Waals surface area contributed by atoms with Crippen molar-refractivity contribution < 1.29 is 18.4 Å². The highest BCUT2D eigenvalue weighted by Crippen LogP contribution is 2.33. The second kappa shape index (κ2) is 11.0. The smallest absolute Gasteiger partial charge is 0.324 e. The van der Waals surface area contributed by atoms with Crippen LogP contribution in [0.25, 0.3) is 5.57 Å². The molecule has 1 saturated carbocycles. The largest absolute Gasteiger partial charge is 0.490 e. The number of carbonyl (C=O) groups is 1. The molecule has 0 spiro atoms. The molecule has 2 aliphatic carbocycles. The van der Waals surface area contributed by atoms with Gasteiger partial charge in [0.1, 0.15) is 0 Å². The predicted octanol–water partition coefficient (Wildman–Crippen LogP) is 5.48. The van der Waals surface area contributed by atoms with E-state index in [4.69, 9.17) is 9.26 Å². The number of piperidine rings is 1. The molecule has 36 heavy (non-hydrogen) atoms. The van der Waals surface area contributed by atoms with Crippen LogP contribution >= 0.6 is 0 Å². The quantitative estimate of drug-likeness (QED) is 0.521. The third-order valence-corrected chi connectivity index (χ3v) is 7.84. The lowest BCUT2D eigenvalue weighted by Crippen LogP contribution is -2.42. The lowest BCUT2D eigenvalue weighted by atomic mass is 9.85. The lowest BCUT2D eigenvalue weighted by molar-refractivity contribution is -0.126. The number of benzene rings is 1. The molecule has 1 aliphatic heterocycles. The van der Waals surface area contributed by atoms with E-state index in [1.54, 1.807) is 12.1 Å². The summed E-state index contributed by atoms with van der Waals surface area (Å²) in [5, 5.41) is 7.20. The predicted molar refractivity (Wildman–Crippen MR) is 136 cm³/mol. The summed E-state index contributed by atoms with van der Waals surface area (Å²) in [5.74, 6) is 1.50. The van der Waals surface area contributed by atoms with Gasteiger partial charge in [0.25, 0.3) is 0 Å². The molecule has 1 unspecified atom stereocenters. The molecule has 1 atom stereocenters. The lowest BCUT2D eigenvalue weighted by Gasteiger charge is -2.30. The van der Waals surface area contributed by atoms with E-state index in [9.17, 15) is 9.18 Å². The maximum atomic E-state index is 14.9. The molecule has 0 bridgehead atoms. The number of aromatic nitrogens is 2. The molecule has 1 aromatic heterocycles. The molecule has 8 heteroatoms. The molecule has 3 aliphatic rings. The first-order valence-corrected chi connectivity index (χ1v) is 13.5. The number of nitrogens with zero attached hydrogens (tertiary/aromatic N) is 3. The fourth-order valence-electron chi connectivity index (χ4n) is 5.11. The van der Waals surface area contributed by atoms with Gasteiger partial charge < -0.3 is 19.5 Å². The molecule has 1 N–H and O–H groups in total. The summed E-state index contributed by atoms with van der Waals surface area (Å²) in [7, 11) is 0. The first-order chi connectivity index (χ1) is 17.5. The third kappa shape index (κ3) is 5.73. The number of rotatable bonds is 8. The van der Waals surface area contributed by atoms with Crippen LogP contribution in [0.1, 0.15) is 82.5 Å². The van der Waals surface area contributed by atoms with Gasteiger partial charge in [0, 0.05) is 31.0 Å². The van der Waals surface area contributed by atoms with E-state index in [0.29, 0.717) is 30.3 Å². The first kappa shape index (κ1) is 24.8. The molecule has 5 rings (SSSR count). The van der Waals surface area contributed by atoms with Crippen molar-refractivity contribution in [3.05, 3.63) is 41.5 Å². The number of halogens is 1. The molecule has 7 nitrogen and oxygen atoms in total. The van der Waals surface area contributed by atoms with Gasteiger partial charge in [0.2, 0.25) is 5.91 Å². The Morgan fingerprint density at radius 3 is 2.64 bits per heavy atom. The van der Waals surface area contributed by atoms with Crippen LogP contribution in [0.4, 0.5) is 10.4 Å². The van der Waals surface area contributed by atoms with Crippen LogP contribution in [0.2, 0.25) is 0 Å². The summed E-state index contributed by atoms with van der Waals surface area (Å²) in [6.45, 7) is 6.23. The average Bonchev–Trinajstić information content (AvgIpc) is 3.37. The minimum absolute atomic E-state index is 0.0327. The zero-order valence-corrected chi connectivity index (χ0v) is 21.3. The Labute approximate surface area is 212 Å². The number of amides is 1. The molecule has 1 amide bonds. The van der Waals surface area contributed by atoms with Crippen molar-refractivity contribution in [1.29, 1.82) is 0 Å². The van der Waals surface area contributed by atoms with Crippen molar-refractivity contribution in [3.8, 4) is 5.75 Å². The molecule has 1 aromatic carbocycles. The summed E-state index contributed by atoms with van der Waals surface area (Å²) in [4.78, 5) is 19.0. The number of anilines is 1. The Bertz CT molecular complexity index is 1090. The van der Waals surface area contributed by atoms with Gasteiger partial charge in [-0.05, 0) is 80.6 Å². The highest BCUT2D eigenvalue weighted by atomic mass is 19.1. The summed E-state index contributed by atoms with van der Waals surface area (Å²) >= 11 is 0. The van der Waals surface area contributed by atoms with Crippen molar-refractivity contribution >= 4 is 17.5 Å². The maximum Gasteiger partial charge on any atom is 0.324 e. The van der Waals surface area contributed by atoms with Gasteiger partial charge in [-0.2, -0.15) is 4.98 Å². The fraction of sp³-hybridized carbons (Fsp3) is 0.607. The Balaban J connectivity index is 1.09. The molecule has 2 fully saturated rings. The van der Waals surface area contributed by atoms with E-state index in [-0.39, 0.29) is 23.6 Å². The average molecular weight is 497 g/mol. The number of hydrogen-bond donors (Lipinski definition) is 1. The summed E-state index contributed by atoms with van der Waals surface area (Å²) in [6, 6.07) is 6.20.